The minimum Gasteiger partial charge on any atom is -0.392 e. The summed E-state index contributed by atoms with van der Waals surface area (Å²) < 4.78 is 27.5. The first-order valence-corrected chi connectivity index (χ1v) is 9.91. The third kappa shape index (κ3) is 2.72. The second-order valence-corrected chi connectivity index (χ2v) is 8.08. The van der Waals surface area contributed by atoms with Gasteiger partial charge in [0.25, 0.3) is 10.0 Å². The number of Topliss-reactive ketones (excluding diaryl/α,β-unsaturated/α-hetero) is 1. The zero-order chi connectivity index (χ0) is 19.9. The topological polar surface area (TPSA) is 93.4 Å². The summed E-state index contributed by atoms with van der Waals surface area (Å²) in [6.07, 6.45) is 2.33. The van der Waals surface area contributed by atoms with Crippen LogP contribution >= 0.6 is 0 Å². The molecule has 4 rings (SSSR count). The van der Waals surface area contributed by atoms with Crippen LogP contribution in [0, 0.1) is 0 Å². The number of allylic oxidation sites excluding steroid dienone is 1. The number of benzene rings is 2. The Balaban J connectivity index is 2.08. The summed E-state index contributed by atoms with van der Waals surface area (Å²) >= 11 is 0. The second-order valence-electron chi connectivity index (χ2n) is 6.27. The van der Waals surface area contributed by atoms with Gasteiger partial charge in [0.1, 0.15) is 0 Å². The van der Waals surface area contributed by atoms with Gasteiger partial charge in [-0.15, -0.1) is 0 Å². The molecule has 1 aromatic heterocycles. The van der Waals surface area contributed by atoms with Crippen molar-refractivity contribution in [3.8, 4) is 11.1 Å². The predicted octanol–water partition coefficient (Wildman–Crippen LogP) is 2.53. The third-order valence-electron chi connectivity index (χ3n) is 4.59. The number of rotatable bonds is 4. The number of fused-ring (bicyclic) bond motifs is 1. The largest absolute Gasteiger partial charge is 0.392 e. The lowest BCUT2D eigenvalue weighted by molar-refractivity contribution is -0.111. The van der Waals surface area contributed by atoms with Crippen molar-refractivity contribution >= 4 is 27.2 Å². The quantitative estimate of drug-likeness (QED) is 0.688. The Kier molecular flexibility index (Phi) is 4.33. The molecule has 0 bridgehead atoms. The van der Waals surface area contributed by atoms with Crippen molar-refractivity contribution in [1.29, 1.82) is 0 Å². The van der Waals surface area contributed by atoms with Crippen LogP contribution in [0.2, 0.25) is 0 Å². The highest BCUT2D eigenvalue weighted by molar-refractivity contribution is 7.90. The summed E-state index contributed by atoms with van der Waals surface area (Å²) in [7, 11) is -4.05. The van der Waals surface area contributed by atoms with Crippen molar-refractivity contribution < 1.29 is 23.1 Å². The average Bonchev–Trinajstić information content (AvgIpc) is 3.14. The summed E-state index contributed by atoms with van der Waals surface area (Å²) in [6, 6.07) is 16.5. The van der Waals surface area contributed by atoms with Crippen molar-refractivity contribution in [2.75, 3.05) is 6.61 Å². The maximum absolute atomic E-state index is 13.3. The van der Waals surface area contributed by atoms with Gasteiger partial charge in [0.15, 0.2) is 0 Å². The highest BCUT2D eigenvalue weighted by Gasteiger charge is 2.35. The summed E-state index contributed by atoms with van der Waals surface area (Å²) in [5.74, 6) is -1.59. The number of hydrogen-bond acceptors (Lipinski definition) is 5. The van der Waals surface area contributed by atoms with Gasteiger partial charge in [-0.05, 0) is 23.8 Å². The molecule has 6 nitrogen and oxygen atoms in total. The molecule has 0 saturated carbocycles. The second kappa shape index (κ2) is 6.70. The molecule has 0 saturated heterocycles. The van der Waals surface area contributed by atoms with Crippen LogP contribution in [-0.2, 0) is 14.8 Å². The minimum atomic E-state index is -4.05. The van der Waals surface area contributed by atoms with Crippen LogP contribution in [-0.4, -0.2) is 35.7 Å². The summed E-state index contributed by atoms with van der Waals surface area (Å²) in [4.78, 5) is 24.8. The molecule has 28 heavy (non-hydrogen) atoms. The molecule has 0 unspecified atom stereocenters. The van der Waals surface area contributed by atoms with Gasteiger partial charge in [-0.3, -0.25) is 9.59 Å². The molecule has 0 radical (unpaired) electrons. The molecule has 1 aliphatic rings. The predicted molar refractivity (Wildman–Crippen MR) is 103 cm³/mol. The highest BCUT2D eigenvalue weighted by atomic mass is 32.2. The number of aliphatic hydroxyl groups is 1. The third-order valence-corrected chi connectivity index (χ3v) is 6.26. The zero-order valence-corrected chi connectivity index (χ0v) is 15.4. The molecule has 3 aromatic rings. The van der Waals surface area contributed by atoms with E-state index in [1.807, 2.05) is 0 Å². The number of nitrogens with zero attached hydrogens (tertiary/aromatic N) is 1. The normalized spacial score (nSPS) is 14.0. The molecule has 140 valence electrons. The van der Waals surface area contributed by atoms with Crippen LogP contribution in [0.1, 0.15) is 16.1 Å². The summed E-state index contributed by atoms with van der Waals surface area (Å²) in [5.41, 5.74) is 1.02. The number of carbonyl (C=O) groups is 2. The van der Waals surface area contributed by atoms with Crippen molar-refractivity contribution in [1.82, 2.24) is 3.97 Å². The number of aliphatic hydroxyl groups excluding tert-OH is 1. The molecule has 7 heteroatoms. The van der Waals surface area contributed by atoms with Crippen LogP contribution in [0.5, 0.6) is 0 Å². The Labute approximate surface area is 161 Å². The van der Waals surface area contributed by atoms with E-state index in [4.69, 9.17) is 0 Å². The highest BCUT2D eigenvalue weighted by Crippen LogP contribution is 2.37. The Morgan fingerprint density at radius 1 is 0.893 bits per heavy atom. The van der Waals surface area contributed by atoms with Crippen molar-refractivity contribution in [3.63, 3.8) is 0 Å². The van der Waals surface area contributed by atoms with Gasteiger partial charge in [-0.25, -0.2) is 12.4 Å². The van der Waals surface area contributed by atoms with Gasteiger partial charge >= 0.3 is 0 Å². The van der Waals surface area contributed by atoms with Gasteiger partial charge in [0, 0.05) is 17.3 Å². The van der Waals surface area contributed by atoms with Crippen molar-refractivity contribution in [2.45, 2.75) is 4.90 Å². The number of aromatic nitrogens is 1. The molecule has 0 spiro atoms. The van der Waals surface area contributed by atoms with E-state index >= 15 is 0 Å². The fourth-order valence-corrected chi connectivity index (χ4v) is 4.71. The average molecular weight is 393 g/mol. The molecule has 2 aromatic carbocycles. The monoisotopic (exact) mass is 393 g/mol. The summed E-state index contributed by atoms with van der Waals surface area (Å²) in [6.45, 7) is -0.575. The standard InChI is InChI=1S/C21H15NO5S/c23-13-15-11-18(24)21(25)19-17(14-7-3-1-4-8-14)12-22(20(15)19)28(26,27)16-9-5-2-6-10-16/h1-12,23H,13H2. The van der Waals surface area contributed by atoms with E-state index in [9.17, 15) is 23.1 Å². The fraction of sp³-hybridized carbons (Fsp3) is 0.0476. The molecule has 1 N–H and O–H groups in total. The SMILES string of the molecule is O=C1C=C(CO)c2c(c(-c3ccccc3)cn2S(=O)(=O)c2ccccc2)C1=O. The maximum atomic E-state index is 13.3. The first-order chi connectivity index (χ1) is 13.4. The summed E-state index contributed by atoms with van der Waals surface area (Å²) in [5, 5.41) is 9.74. The first-order valence-electron chi connectivity index (χ1n) is 8.47. The van der Waals surface area contributed by atoms with Crippen molar-refractivity contribution in [2.24, 2.45) is 0 Å². The van der Waals surface area contributed by atoms with Crippen LogP contribution in [0.4, 0.5) is 0 Å². The first kappa shape index (κ1) is 18.1. The lowest BCUT2D eigenvalue weighted by Crippen LogP contribution is -2.23. The van der Waals surface area contributed by atoms with Gasteiger partial charge in [-0.1, -0.05) is 48.5 Å². The van der Waals surface area contributed by atoms with Crippen LogP contribution in [0.15, 0.2) is 77.8 Å². The fourth-order valence-electron chi connectivity index (χ4n) is 3.28. The Hall–Kier alpha value is -3.29. The van der Waals surface area contributed by atoms with Gasteiger partial charge in [0.05, 0.1) is 22.8 Å². The Bertz CT molecular complexity index is 1220. The van der Waals surface area contributed by atoms with E-state index in [0.29, 0.717) is 11.1 Å². The van der Waals surface area contributed by atoms with E-state index in [1.54, 1.807) is 48.5 Å². The Morgan fingerprint density at radius 3 is 2.11 bits per heavy atom. The Morgan fingerprint density at radius 2 is 1.50 bits per heavy atom. The molecule has 1 aliphatic carbocycles. The van der Waals surface area contributed by atoms with Gasteiger partial charge < -0.3 is 5.11 Å². The maximum Gasteiger partial charge on any atom is 0.268 e. The van der Waals surface area contributed by atoms with E-state index < -0.39 is 28.2 Å². The molecule has 0 atom stereocenters. The smallest absolute Gasteiger partial charge is 0.268 e. The molecule has 1 heterocycles. The number of carbonyl (C=O) groups excluding carboxylic acids is 2. The van der Waals surface area contributed by atoms with Gasteiger partial charge in [0.2, 0.25) is 11.6 Å². The molecular weight excluding hydrogens is 378 g/mol. The van der Waals surface area contributed by atoms with Crippen molar-refractivity contribution in [3.05, 3.63) is 84.2 Å². The van der Waals surface area contributed by atoms with E-state index in [0.717, 1.165) is 10.0 Å². The van der Waals surface area contributed by atoms with Gasteiger partial charge in [-0.2, -0.15) is 0 Å². The lowest BCUT2D eigenvalue weighted by Gasteiger charge is -2.16. The van der Waals surface area contributed by atoms with Crippen LogP contribution in [0.25, 0.3) is 16.7 Å². The zero-order valence-electron chi connectivity index (χ0n) is 14.6. The molecule has 0 fully saturated rings. The molecule has 0 amide bonds. The molecule has 0 aliphatic heterocycles. The van der Waals surface area contributed by atoms with E-state index in [2.05, 4.69) is 0 Å². The van der Waals surface area contributed by atoms with E-state index in [-0.39, 0.29) is 21.7 Å². The molecular formula is C21H15NO5S. The van der Waals surface area contributed by atoms with Crippen LogP contribution in [0.3, 0.4) is 0 Å². The number of hydrogen-bond donors (Lipinski definition) is 1. The van der Waals surface area contributed by atoms with E-state index in [1.165, 1.54) is 18.3 Å². The minimum absolute atomic E-state index is 0.0118. The number of ketones is 2. The van der Waals surface area contributed by atoms with Crippen LogP contribution < -0.4 is 0 Å². The lowest BCUT2D eigenvalue weighted by atomic mass is 9.90.